The van der Waals surface area contributed by atoms with Crippen molar-refractivity contribution in [3.8, 4) is 0 Å². The number of aryl methyl sites for hydroxylation is 1. The number of anilines is 1. The first kappa shape index (κ1) is 15.4. The molecule has 3 N–H and O–H groups in total. The molecule has 0 aliphatic carbocycles. The molecule has 0 heterocycles. The molecule has 4 nitrogen and oxygen atoms in total. The zero-order valence-corrected chi connectivity index (χ0v) is 12.0. The average molecular weight is 312 g/mol. The monoisotopic (exact) mass is 312 g/mol. The van der Waals surface area contributed by atoms with Gasteiger partial charge in [0, 0.05) is 6.54 Å². The maximum atomic E-state index is 13.5. The Bertz CT molecular complexity index is 756. The molecule has 0 radical (unpaired) electrons. The fraction of sp³-hybridized carbons (Fsp3) is 0.143. The zero-order valence-electron chi connectivity index (χ0n) is 11.2. The van der Waals surface area contributed by atoms with Gasteiger partial charge in [-0.3, -0.25) is 4.72 Å². The summed E-state index contributed by atoms with van der Waals surface area (Å²) in [4.78, 5) is -0.0534. The van der Waals surface area contributed by atoms with Crippen LogP contribution in [-0.4, -0.2) is 8.42 Å². The summed E-state index contributed by atoms with van der Waals surface area (Å²) in [5, 5.41) is 0. The molecule has 0 bridgehead atoms. The Kier molecular flexibility index (Phi) is 4.24. The van der Waals surface area contributed by atoms with Gasteiger partial charge in [0.2, 0.25) is 0 Å². The van der Waals surface area contributed by atoms with Gasteiger partial charge >= 0.3 is 0 Å². The Balaban J connectivity index is 2.44. The first-order chi connectivity index (χ1) is 9.85. The average Bonchev–Trinajstić information content (AvgIpc) is 2.42. The third-order valence-electron chi connectivity index (χ3n) is 2.96. The molecule has 0 spiro atoms. The third-order valence-corrected chi connectivity index (χ3v) is 4.47. The number of nitrogens with two attached hydrogens (primary N) is 1. The predicted molar refractivity (Wildman–Crippen MR) is 76.2 cm³/mol. The maximum Gasteiger partial charge on any atom is 0.262 e. The lowest BCUT2D eigenvalue weighted by atomic mass is 10.1. The van der Waals surface area contributed by atoms with E-state index in [0.29, 0.717) is 5.56 Å². The molecule has 0 amide bonds. The minimum atomic E-state index is -4.08. The van der Waals surface area contributed by atoms with Gasteiger partial charge in [-0.15, -0.1) is 0 Å². The Morgan fingerprint density at radius 1 is 1.14 bits per heavy atom. The van der Waals surface area contributed by atoms with Crippen LogP contribution in [0.25, 0.3) is 0 Å². The van der Waals surface area contributed by atoms with E-state index in [1.807, 2.05) is 4.72 Å². The number of sulfonamides is 1. The fourth-order valence-corrected chi connectivity index (χ4v) is 3.23. The van der Waals surface area contributed by atoms with Crippen molar-refractivity contribution in [3.05, 3.63) is 59.2 Å². The van der Waals surface area contributed by atoms with Gasteiger partial charge in [0.25, 0.3) is 10.0 Å². The van der Waals surface area contributed by atoms with Crippen LogP contribution in [0.5, 0.6) is 0 Å². The van der Waals surface area contributed by atoms with Gasteiger partial charge in [-0.05, 0) is 36.2 Å². The zero-order chi connectivity index (χ0) is 15.6. The SMILES string of the molecule is Cc1cc(CN)ccc1S(=O)(=O)Nc1c(F)cccc1F. The summed E-state index contributed by atoms with van der Waals surface area (Å²) >= 11 is 0. The van der Waals surface area contributed by atoms with Crippen LogP contribution in [0.3, 0.4) is 0 Å². The summed E-state index contributed by atoms with van der Waals surface area (Å²) in [6.45, 7) is 1.86. The summed E-state index contributed by atoms with van der Waals surface area (Å²) in [5.74, 6) is -1.95. The van der Waals surface area contributed by atoms with E-state index in [1.54, 1.807) is 19.1 Å². The van der Waals surface area contributed by atoms with E-state index < -0.39 is 27.3 Å². The van der Waals surface area contributed by atoms with Crippen molar-refractivity contribution in [1.29, 1.82) is 0 Å². The molecule has 0 saturated carbocycles. The first-order valence-corrected chi connectivity index (χ1v) is 7.60. The van der Waals surface area contributed by atoms with Crippen LogP contribution >= 0.6 is 0 Å². The topological polar surface area (TPSA) is 72.2 Å². The maximum absolute atomic E-state index is 13.5. The van der Waals surface area contributed by atoms with Crippen LogP contribution in [0.1, 0.15) is 11.1 Å². The van der Waals surface area contributed by atoms with Gasteiger partial charge in [0.1, 0.15) is 17.3 Å². The molecule has 0 unspecified atom stereocenters. The van der Waals surface area contributed by atoms with Crippen molar-refractivity contribution in [1.82, 2.24) is 0 Å². The minimum Gasteiger partial charge on any atom is -0.326 e. The minimum absolute atomic E-state index is 0.0534. The molecule has 0 aliphatic heterocycles. The lowest BCUT2D eigenvalue weighted by Crippen LogP contribution is -2.16. The molecule has 0 atom stereocenters. The van der Waals surface area contributed by atoms with Gasteiger partial charge in [0.05, 0.1) is 4.90 Å². The molecule has 0 saturated heterocycles. The number of rotatable bonds is 4. The smallest absolute Gasteiger partial charge is 0.262 e. The number of hydrogen-bond donors (Lipinski definition) is 2. The van der Waals surface area contributed by atoms with Crippen LogP contribution < -0.4 is 10.5 Å². The highest BCUT2D eigenvalue weighted by Crippen LogP contribution is 2.24. The summed E-state index contributed by atoms with van der Waals surface area (Å²) in [5.41, 5.74) is 6.00. The highest BCUT2D eigenvalue weighted by molar-refractivity contribution is 7.92. The van der Waals surface area contributed by atoms with Crippen molar-refractivity contribution in [3.63, 3.8) is 0 Å². The van der Waals surface area contributed by atoms with E-state index in [4.69, 9.17) is 5.73 Å². The van der Waals surface area contributed by atoms with Crippen molar-refractivity contribution in [2.75, 3.05) is 4.72 Å². The third kappa shape index (κ3) is 3.20. The summed E-state index contributed by atoms with van der Waals surface area (Å²) in [6, 6.07) is 7.64. The number of hydrogen-bond acceptors (Lipinski definition) is 3. The summed E-state index contributed by atoms with van der Waals surface area (Å²) in [7, 11) is -4.08. The predicted octanol–water partition coefficient (Wildman–Crippen LogP) is 2.53. The van der Waals surface area contributed by atoms with Crippen molar-refractivity contribution >= 4 is 15.7 Å². The van der Waals surface area contributed by atoms with Gasteiger partial charge in [0.15, 0.2) is 0 Å². The molecule has 0 aliphatic rings. The van der Waals surface area contributed by atoms with Gasteiger partial charge in [-0.25, -0.2) is 17.2 Å². The Morgan fingerprint density at radius 3 is 2.29 bits per heavy atom. The summed E-state index contributed by atoms with van der Waals surface area (Å²) < 4.78 is 53.5. The number of benzene rings is 2. The van der Waals surface area contributed by atoms with E-state index >= 15 is 0 Å². The van der Waals surface area contributed by atoms with Crippen molar-refractivity contribution < 1.29 is 17.2 Å². The molecule has 0 aromatic heterocycles. The molecular weight excluding hydrogens is 298 g/mol. The Hall–Kier alpha value is -1.99. The molecular formula is C14H14F2N2O2S. The van der Waals surface area contributed by atoms with Crippen molar-refractivity contribution in [2.45, 2.75) is 18.4 Å². The normalized spacial score (nSPS) is 11.4. The molecule has 2 aromatic carbocycles. The second-order valence-corrected chi connectivity index (χ2v) is 6.16. The Morgan fingerprint density at radius 2 is 1.76 bits per heavy atom. The summed E-state index contributed by atoms with van der Waals surface area (Å²) in [6.07, 6.45) is 0. The lowest BCUT2D eigenvalue weighted by Gasteiger charge is -2.12. The Labute approximate surface area is 121 Å². The second-order valence-electron chi connectivity index (χ2n) is 4.51. The van der Waals surface area contributed by atoms with Crippen LogP contribution in [0, 0.1) is 18.6 Å². The molecule has 2 rings (SSSR count). The van der Waals surface area contributed by atoms with Gasteiger partial charge in [-0.1, -0.05) is 18.2 Å². The number of nitrogens with one attached hydrogen (secondary N) is 1. The van der Waals surface area contributed by atoms with Crippen LogP contribution in [0.4, 0.5) is 14.5 Å². The fourth-order valence-electron chi connectivity index (χ4n) is 1.92. The van der Waals surface area contributed by atoms with E-state index in [0.717, 1.165) is 23.8 Å². The molecule has 2 aromatic rings. The van der Waals surface area contributed by atoms with E-state index in [-0.39, 0.29) is 11.4 Å². The molecule has 7 heteroatoms. The van der Waals surface area contributed by atoms with Crippen LogP contribution in [-0.2, 0) is 16.6 Å². The van der Waals surface area contributed by atoms with Crippen LogP contribution in [0.2, 0.25) is 0 Å². The van der Waals surface area contributed by atoms with Gasteiger partial charge in [-0.2, -0.15) is 0 Å². The second kappa shape index (κ2) is 5.79. The molecule has 0 fully saturated rings. The quantitative estimate of drug-likeness (QED) is 0.911. The number of para-hydroxylation sites is 1. The highest BCUT2D eigenvalue weighted by atomic mass is 32.2. The largest absolute Gasteiger partial charge is 0.326 e. The van der Waals surface area contributed by atoms with E-state index in [2.05, 4.69) is 0 Å². The molecule has 112 valence electrons. The number of halogens is 2. The molecule has 21 heavy (non-hydrogen) atoms. The highest BCUT2D eigenvalue weighted by Gasteiger charge is 2.20. The van der Waals surface area contributed by atoms with Crippen LogP contribution in [0.15, 0.2) is 41.3 Å². The standard InChI is InChI=1S/C14H14F2N2O2S/c1-9-7-10(8-17)5-6-13(9)21(19,20)18-14-11(15)3-2-4-12(14)16/h2-7,18H,8,17H2,1H3. The van der Waals surface area contributed by atoms with E-state index in [9.17, 15) is 17.2 Å². The van der Waals surface area contributed by atoms with E-state index in [1.165, 1.54) is 6.07 Å². The first-order valence-electron chi connectivity index (χ1n) is 6.11. The lowest BCUT2D eigenvalue weighted by molar-refractivity contribution is 0.582. The van der Waals surface area contributed by atoms with Gasteiger partial charge < -0.3 is 5.73 Å². The van der Waals surface area contributed by atoms with Crippen molar-refractivity contribution in [2.24, 2.45) is 5.73 Å².